The fourth-order valence-electron chi connectivity index (χ4n) is 2.25. The lowest BCUT2D eigenvalue weighted by molar-refractivity contribution is -0.143. The SMILES string of the molecule is NCCCCC(NC(=O)C(N)CCC(=O)O)C(=O)NC(CCC(=O)O)C(=O)O. The summed E-state index contributed by atoms with van der Waals surface area (Å²) in [7, 11) is 0. The summed E-state index contributed by atoms with van der Waals surface area (Å²) >= 11 is 0. The highest BCUT2D eigenvalue weighted by Crippen LogP contribution is 2.05. The van der Waals surface area contributed by atoms with E-state index < -0.39 is 54.3 Å². The molecular formula is C16H28N4O8. The quantitative estimate of drug-likeness (QED) is 0.152. The molecule has 2 amide bonds. The monoisotopic (exact) mass is 404 g/mol. The summed E-state index contributed by atoms with van der Waals surface area (Å²) in [5.41, 5.74) is 11.0. The highest BCUT2D eigenvalue weighted by atomic mass is 16.4. The van der Waals surface area contributed by atoms with Crippen LogP contribution >= 0.6 is 0 Å². The van der Waals surface area contributed by atoms with E-state index in [-0.39, 0.29) is 25.7 Å². The fourth-order valence-corrected chi connectivity index (χ4v) is 2.25. The summed E-state index contributed by atoms with van der Waals surface area (Å²) in [6.45, 7) is 0.358. The first-order valence-corrected chi connectivity index (χ1v) is 8.81. The number of nitrogens with one attached hydrogen (secondary N) is 2. The first kappa shape index (κ1) is 25.3. The molecule has 0 aliphatic carbocycles. The first-order chi connectivity index (χ1) is 13.1. The van der Waals surface area contributed by atoms with Crippen LogP contribution in [0.4, 0.5) is 0 Å². The molecule has 0 saturated heterocycles. The number of rotatable bonds is 15. The van der Waals surface area contributed by atoms with Crippen molar-refractivity contribution in [2.75, 3.05) is 6.54 Å². The summed E-state index contributed by atoms with van der Waals surface area (Å²) in [6.07, 6.45) is -0.0487. The van der Waals surface area contributed by atoms with Crippen molar-refractivity contribution in [2.24, 2.45) is 11.5 Å². The van der Waals surface area contributed by atoms with Crippen molar-refractivity contribution in [3.8, 4) is 0 Å². The zero-order valence-corrected chi connectivity index (χ0v) is 15.4. The van der Waals surface area contributed by atoms with E-state index in [2.05, 4.69) is 10.6 Å². The summed E-state index contributed by atoms with van der Waals surface area (Å²) in [6, 6.07) is -3.69. The van der Waals surface area contributed by atoms with Crippen molar-refractivity contribution in [2.45, 2.75) is 63.1 Å². The van der Waals surface area contributed by atoms with Crippen LogP contribution in [0.3, 0.4) is 0 Å². The van der Waals surface area contributed by atoms with Gasteiger partial charge in [0.2, 0.25) is 11.8 Å². The van der Waals surface area contributed by atoms with Gasteiger partial charge < -0.3 is 37.4 Å². The standard InChI is InChI=1S/C16H28N4O8/c17-8-2-1-3-10(19-14(25)9(18)4-6-12(21)22)15(26)20-11(16(27)28)5-7-13(23)24/h9-11H,1-8,17-18H2,(H,19,25)(H,20,26)(H,21,22)(H,23,24)(H,27,28). The Kier molecular flexibility index (Phi) is 12.1. The molecule has 0 rings (SSSR count). The lowest BCUT2D eigenvalue weighted by atomic mass is 10.1. The van der Waals surface area contributed by atoms with Gasteiger partial charge in [-0.3, -0.25) is 19.2 Å². The molecule has 0 aliphatic rings. The van der Waals surface area contributed by atoms with Crippen LogP contribution in [0.5, 0.6) is 0 Å². The van der Waals surface area contributed by atoms with Crippen LogP contribution in [0.1, 0.15) is 44.9 Å². The van der Waals surface area contributed by atoms with E-state index in [1.807, 2.05) is 0 Å². The summed E-state index contributed by atoms with van der Waals surface area (Å²) in [4.78, 5) is 56.9. The number of carbonyl (C=O) groups is 5. The van der Waals surface area contributed by atoms with E-state index in [0.29, 0.717) is 19.4 Å². The van der Waals surface area contributed by atoms with E-state index >= 15 is 0 Å². The van der Waals surface area contributed by atoms with Gasteiger partial charge in [-0.15, -0.1) is 0 Å². The molecule has 12 nitrogen and oxygen atoms in total. The molecule has 0 heterocycles. The number of carboxylic acid groups (broad SMARTS) is 3. The summed E-state index contributed by atoms with van der Waals surface area (Å²) in [5.74, 6) is -5.28. The van der Waals surface area contributed by atoms with Crippen LogP contribution in [0.2, 0.25) is 0 Å². The Labute approximate surface area is 161 Å². The maximum absolute atomic E-state index is 12.4. The second-order valence-electron chi connectivity index (χ2n) is 6.22. The zero-order valence-electron chi connectivity index (χ0n) is 15.4. The van der Waals surface area contributed by atoms with E-state index in [1.54, 1.807) is 0 Å². The molecule has 0 saturated carbocycles. The Morgan fingerprint density at radius 2 is 1.29 bits per heavy atom. The van der Waals surface area contributed by atoms with Crippen molar-refractivity contribution < 1.29 is 39.3 Å². The van der Waals surface area contributed by atoms with E-state index in [4.69, 9.17) is 26.8 Å². The van der Waals surface area contributed by atoms with Crippen LogP contribution in [-0.4, -0.2) is 69.7 Å². The highest BCUT2D eigenvalue weighted by Gasteiger charge is 2.28. The van der Waals surface area contributed by atoms with E-state index in [1.165, 1.54) is 0 Å². The summed E-state index contributed by atoms with van der Waals surface area (Å²) in [5, 5.41) is 31.0. The highest BCUT2D eigenvalue weighted by molar-refractivity contribution is 5.92. The number of hydrogen-bond acceptors (Lipinski definition) is 7. The number of carboxylic acids is 3. The zero-order chi connectivity index (χ0) is 21.7. The third-order valence-electron chi connectivity index (χ3n) is 3.85. The number of nitrogens with two attached hydrogens (primary N) is 2. The third kappa shape index (κ3) is 11.1. The topological polar surface area (TPSA) is 222 Å². The van der Waals surface area contributed by atoms with Crippen molar-refractivity contribution in [1.29, 1.82) is 0 Å². The van der Waals surface area contributed by atoms with Gasteiger partial charge in [0.15, 0.2) is 0 Å². The van der Waals surface area contributed by atoms with Gasteiger partial charge in [0.1, 0.15) is 12.1 Å². The Morgan fingerprint density at radius 1 is 0.750 bits per heavy atom. The van der Waals surface area contributed by atoms with E-state index in [0.717, 1.165) is 0 Å². The first-order valence-electron chi connectivity index (χ1n) is 8.81. The second-order valence-corrected chi connectivity index (χ2v) is 6.22. The number of amides is 2. The number of carbonyl (C=O) groups excluding carboxylic acids is 2. The van der Waals surface area contributed by atoms with Gasteiger partial charge in [-0.1, -0.05) is 0 Å². The fraction of sp³-hybridized carbons (Fsp3) is 0.688. The molecule has 0 spiro atoms. The van der Waals surface area contributed by atoms with Gasteiger partial charge in [-0.2, -0.15) is 0 Å². The molecule has 0 aromatic carbocycles. The van der Waals surface area contributed by atoms with Gasteiger partial charge in [-0.05, 0) is 38.6 Å². The number of hydrogen-bond donors (Lipinski definition) is 7. The molecule has 0 bridgehead atoms. The second kappa shape index (κ2) is 13.4. The third-order valence-corrected chi connectivity index (χ3v) is 3.85. The van der Waals surface area contributed by atoms with Crippen LogP contribution in [-0.2, 0) is 24.0 Å². The predicted octanol–water partition coefficient (Wildman–Crippen LogP) is -1.77. The minimum Gasteiger partial charge on any atom is -0.481 e. The Balaban J connectivity index is 5.00. The normalized spacial score (nSPS) is 13.8. The molecule has 0 radical (unpaired) electrons. The number of aliphatic carboxylic acids is 3. The number of unbranched alkanes of at least 4 members (excludes halogenated alkanes) is 1. The molecule has 160 valence electrons. The maximum atomic E-state index is 12.4. The van der Waals surface area contributed by atoms with Gasteiger partial charge >= 0.3 is 17.9 Å². The van der Waals surface area contributed by atoms with Gasteiger partial charge in [0.25, 0.3) is 0 Å². The van der Waals surface area contributed by atoms with Crippen molar-refractivity contribution in [3.05, 3.63) is 0 Å². The smallest absolute Gasteiger partial charge is 0.326 e. The molecular weight excluding hydrogens is 376 g/mol. The molecule has 9 N–H and O–H groups in total. The molecule has 28 heavy (non-hydrogen) atoms. The lowest BCUT2D eigenvalue weighted by Gasteiger charge is -2.22. The Bertz CT molecular complexity index is 569. The van der Waals surface area contributed by atoms with E-state index in [9.17, 15) is 24.0 Å². The van der Waals surface area contributed by atoms with Crippen LogP contribution in [0.25, 0.3) is 0 Å². The molecule has 0 aromatic heterocycles. The van der Waals surface area contributed by atoms with Crippen LogP contribution < -0.4 is 22.1 Å². The van der Waals surface area contributed by atoms with Crippen LogP contribution in [0, 0.1) is 0 Å². The van der Waals surface area contributed by atoms with Gasteiger partial charge in [-0.25, -0.2) is 4.79 Å². The van der Waals surface area contributed by atoms with Crippen molar-refractivity contribution in [1.82, 2.24) is 10.6 Å². The Hall–Kier alpha value is -2.73. The summed E-state index contributed by atoms with van der Waals surface area (Å²) < 4.78 is 0. The van der Waals surface area contributed by atoms with Crippen LogP contribution in [0.15, 0.2) is 0 Å². The maximum Gasteiger partial charge on any atom is 0.326 e. The minimum absolute atomic E-state index is 0.130. The largest absolute Gasteiger partial charge is 0.481 e. The molecule has 3 unspecified atom stereocenters. The Morgan fingerprint density at radius 3 is 1.79 bits per heavy atom. The molecule has 0 fully saturated rings. The molecule has 3 atom stereocenters. The van der Waals surface area contributed by atoms with Gasteiger partial charge in [0.05, 0.1) is 6.04 Å². The minimum atomic E-state index is -1.43. The van der Waals surface area contributed by atoms with Crippen molar-refractivity contribution in [3.63, 3.8) is 0 Å². The average molecular weight is 404 g/mol. The lowest BCUT2D eigenvalue weighted by Crippen LogP contribution is -2.54. The van der Waals surface area contributed by atoms with Crippen molar-refractivity contribution >= 4 is 29.7 Å². The molecule has 12 heteroatoms. The average Bonchev–Trinajstić information content (AvgIpc) is 2.61. The molecule has 0 aliphatic heterocycles. The predicted molar refractivity (Wildman–Crippen MR) is 96.1 cm³/mol. The van der Waals surface area contributed by atoms with Gasteiger partial charge in [0, 0.05) is 12.8 Å². The molecule has 0 aromatic rings.